The number of alkyl halides is 3. The maximum absolute atomic E-state index is 12.6. The number of hydrogen-bond donors (Lipinski definition) is 1. The van der Waals surface area contributed by atoms with Crippen LogP contribution < -0.4 is 5.32 Å². The second-order valence-electron chi connectivity index (χ2n) is 5.19. The summed E-state index contributed by atoms with van der Waals surface area (Å²) in [6, 6.07) is 2.59. The second-order valence-corrected chi connectivity index (χ2v) is 6.25. The largest absolute Gasteiger partial charge is 0.447 e. The van der Waals surface area contributed by atoms with E-state index < -0.39 is 23.2 Å². The smallest absolute Gasteiger partial charge is 0.352 e. The summed E-state index contributed by atoms with van der Waals surface area (Å²) in [5, 5.41) is 2.38. The van der Waals surface area contributed by atoms with Gasteiger partial charge >= 0.3 is 5.51 Å². The van der Waals surface area contributed by atoms with Crippen LogP contribution in [-0.2, 0) is 4.79 Å². The molecular formula is C14H16F3N3O2S. The average Bonchev–Trinajstić information content (AvgIpc) is 2.45. The summed E-state index contributed by atoms with van der Waals surface area (Å²) in [5.41, 5.74) is -4.58. The third kappa shape index (κ3) is 5.12. The van der Waals surface area contributed by atoms with Gasteiger partial charge in [0.25, 0.3) is 5.91 Å². The number of carbonyl (C=O) groups is 2. The summed E-state index contributed by atoms with van der Waals surface area (Å²) < 4.78 is 37.7. The lowest BCUT2D eigenvalue weighted by Crippen LogP contribution is -2.49. The number of nitrogens with one attached hydrogen (secondary N) is 1. The molecule has 0 spiro atoms. The zero-order valence-corrected chi connectivity index (χ0v) is 13.2. The second kappa shape index (κ2) is 7.20. The van der Waals surface area contributed by atoms with Crippen LogP contribution in [0.5, 0.6) is 0 Å². The van der Waals surface area contributed by atoms with Crippen LogP contribution in [0.25, 0.3) is 0 Å². The Morgan fingerprint density at radius 2 is 2.17 bits per heavy atom. The predicted octanol–water partition coefficient (Wildman–Crippen LogP) is 2.43. The van der Waals surface area contributed by atoms with Crippen molar-refractivity contribution < 1.29 is 22.8 Å². The summed E-state index contributed by atoms with van der Waals surface area (Å²) in [6.45, 7) is 2.11. The van der Waals surface area contributed by atoms with Gasteiger partial charge in [-0.05, 0) is 25.0 Å². The van der Waals surface area contributed by atoms with Gasteiger partial charge in [0.05, 0.1) is 5.56 Å². The fourth-order valence-electron chi connectivity index (χ4n) is 2.48. The van der Waals surface area contributed by atoms with E-state index in [4.69, 9.17) is 0 Å². The maximum atomic E-state index is 12.6. The highest BCUT2D eigenvalue weighted by molar-refractivity contribution is 8.00. The van der Waals surface area contributed by atoms with E-state index in [0.29, 0.717) is 13.0 Å². The molecule has 1 aliphatic rings. The predicted molar refractivity (Wildman–Crippen MR) is 78.9 cm³/mol. The van der Waals surface area contributed by atoms with Gasteiger partial charge in [0.15, 0.2) is 0 Å². The van der Waals surface area contributed by atoms with E-state index in [9.17, 15) is 22.8 Å². The number of hydrogen-bond acceptors (Lipinski definition) is 4. The van der Waals surface area contributed by atoms with E-state index >= 15 is 0 Å². The molecule has 23 heavy (non-hydrogen) atoms. The summed E-state index contributed by atoms with van der Waals surface area (Å²) in [7, 11) is 0. The maximum Gasteiger partial charge on any atom is 0.447 e. The van der Waals surface area contributed by atoms with Crippen LogP contribution >= 0.6 is 11.8 Å². The summed E-state index contributed by atoms with van der Waals surface area (Å²) in [4.78, 5) is 28.8. The molecule has 0 aromatic carbocycles. The van der Waals surface area contributed by atoms with Crippen LogP contribution in [0.15, 0.2) is 23.4 Å². The lowest BCUT2D eigenvalue weighted by molar-refractivity contribution is -0.120. The third-order valence-electron chi connectivity index (χ3n) is 3.33. The minimum atomic E-state index is -4.51. The van der Waals surface area contributed by atoms with Crippen molar-refractivity contribution >= 4 is 23.6 Å². The Bertz CT molecular complexity index is 595. The van der Waals surface area contributed by atoms with Gasteiger partial charge in [-0.25, -0.2) is 4.98 Å². The van der Waals surface area contributed by atoms with Crippen molar-refractivity contribution in [2.45, 2.75) is 36.3 Å². The molecule has 1 saturated heterocycles. The van der Waals surface area contributed by atoms with Gasteiger partial charge in [-0.15, -0.1) is 0 Å². The van der Waals surface area contributed by atoms with Crippen molar-refractivity contribution in [3.05, 3.63) is 23.9 Å². The standard InChI is InChI=1S/C14H16F3N3O2S/c1-9(21)19-10-4-3-7-20(8-10)13(22)11-5-2-6-18-12(11)23-14(15,16)17/h2,5-6,10H,3-4,7-8H2,1H3,(H,19,21)/t10-/m0/s1. The molecule has 1 aromatic rings. The molecular weight excluding hydrogens is 331 g/mol. The Balaban J connectivity index is 2.15. The molecule has 0 saturated carbocycles. The van der Waals surface area contributed by atoms with Crippen molar-refractivity contribution in [1.29, 1.82) is 0 Å². The van der Waals surface area contributed by atoms with Gasteiger partial charge in [-0.1, -0.05) is 0 Å². The monoisotopic (exact) mass is 347 g/mol. The number of nitrogens with zero attached hydrogens (tertiary/aromatic N) is 2. The van der Waals surface area contributed by atoms with Crippen LogP contribution in [0.4, 0.5) is 13.2 Å². The first-order chi connectivity index (χ1) is 10.8. The lowest BCUT2D eigenvalue weighted by atomic mass is 10.0. The van der Waals surface area contributed by atoms with Gasteiger partial charge in [0.1, 0.15) is 5.03 Å². The van der Waals surface area contributed by atoms with Crippen LogP contribution in [-0.4, -0.2) is 46.3 Å². The van der Waals surface area contributed by atoms with E-state index in [-0.39, 0.29) is 29.1 Å². The van der Waals surface area contributed by atoms with Gasteiger partial charge in [0, 0.05) is 44.0 Å². The molecule has 1 aromatic heterocycles. The number of thioether (sulfide) groups is 1. The molecule has 1 atom stereocenters. The van der Waals surface area contributed by atoms with E-state index in [2.05, 4.69) is 10.3 Å². The molecule has 0 aliphatic carbocycles. The lowest BCUT2D eigenvalue weighted by Gasteiger charge is -2.33. The van der Waals surface area contributed by atoms with Gasteiger partial charge < -0.3 is 10.2 Å². The summed E-state index contributed by atoms with van der Waals surface area (Å²) in [6.07, 6.45) is 2.64. The van der Waals surface area contributed by atoms with Gasteiger partial charge in [-0.2, -0.15) is 13.2 Å². The van der Waals surface area contributed by atoms with E-state index in [0.717, 1.165) is 6.42 Å². The fraction of sp³-hybridized carbons (Fsp3) is 0.500. The van der Waals surface area contributed by atoms with E-state index in [1.54, 1.807) is 0 Å². The molecule has 0 unspecified atom stereocenters. The molecule has 5 nitrogen and oxygen atoms in total. The normalized spacial score (nSPS) is 18.6. The van der Waals surface area contributed by atoms with E-state index in [1.165, 1.54) is 30.2 Å². The SMILES string of the molecule is CC(=O)N[C@H]1CCCN(C(=O)c2cccnc2SC(F)(F)F)C1. The number of piperidine rings is 1. The molecule has 2 rings (SSSR count). The van der Waals surface area contributed by atoms with Crippen LogP contribution in [0, 0.1) is 0 Å². The number of likely N-dealkylation sites (tertiary alicyclic amines) is 1. The number of rotatable bonds is 3. The van der Waals surface area contributed by atoms with Crippen molar-refractivity contribution in [1.82, 2.24) is 15.2 Å². The quantitative estimate of drug-likeness (QED) is 0.853. The molecule has 9 heteroatoms. The van der Waals surface area contributed by atoms with E-state index in [1.807, 2.05) is 0 Å². The topological polar surface area (TPSA) is 62.3 Å². The number of pyridine rings is 1. The van der Waals surface area contributed by atoms with Crippen LogP contribution in [0.2, 0.25) is 0 Å². The molecule has 1 aliphatic heterocycles. The highest BCUT2D eigenvalue weighted by Gasteiger charge is 2.34. The first-order valence-electron chi connectivity index (χ1n) is 7.03. The number of aromatic nitrogens is 1. The Kier molecular flexibility index (Phi) is 5.51. The zero-order chi connectivity index (χ0) is 17.0. The van der Waals surface area contributed by atoms with Crippen molar-refractivity contribution in [2.75, 3.05) is 13.1 Å². The molecule has 0 radical (unpaired) electrons. The minimum Gasteiger partial charge on any atom is -0.352 e. The van der Waals surface area contributed by atoms with Crippen molar-refractivity contribution in [3.8, 4) is 0 Å². The van der Waals surface area contributed by atoms with Crippen LogP contribution in [0.1, 0.15) is 30.1 Å². The molecule has 126 valence electrons. The Hall–Kier alpha value is -1.77. The number of amides is 2. The Morgan fingerprint density at radius 3 is 2.83 bits per heavy atom. The molecule has 1 fully saturated rings. The summed E-state index contributed by atoms with van der Waals surface area (Å²) in [5.74, 6) is -0.695. The van der Waals surface area contributed by atoms with Gasteiger partial charge in [-0.3, -0.25) is 9.59 Å². The first-order valence-corrected chi connectivity index (χ1v) is 7.85. The third-order valence-corrected chi connectivity index (χ3v) is 4.08. The number of carbonyl (C=O) groups excluding carboxylic acids is 2. The average molecular weight is 347 g/mol. The highest BCUT2D eigenvalue weighted by Crippen LogP contribution is 2.37. The van der Waals surface area contributed by atoms with Crippen molar-refractivity contribution in [2.24, 2.45) is 0 Å². The Morgan fingerprint density at radius 1 is 1.43 bits per heavy atom. The molecule has 2 amide bonds. The fourth-order valence-corrected chi connectivity index (χ4v) is 3.08. The zero-order valence-electron chi connectivity index (χ0n) is 12.4. The minimum absolute atomic E-state index is 0.0710. The molecule has 0 bridgehead atoms. The van der Waals surface area contributed by atoms with Gasteiger partial charge in [0.2, 0.25) is 5.91 Å². The molecule has 2 heterocycles. The first kappa shape index (κ1) is 17.6. The Labute approximate surface area is 135 Å². The number of halogens is 3. The molecule has 1 N–H and O–H groups in total. The summed E-state index contributed by atoms with van der Waals surface area (Å²) >= 11 is -0.397. The van der Waals surface area contributed by atoms with Crippen LogP contribution in [0.3, 0.4) is 0 Å². The highest BCUT2D eigenvalue weighted by atomic mass is 32.2. The van der Waals surface area contributed by atoms with Crippen molar-refractivity contribution in [3.63, 3.8) is 0 Å².